The van der Waals surface area contributed by atoms with Gasteiger partial charge in [0.15, 0.2) is 0 Å². The van der Waals surface area contributed by atoms with Gasteiger partial charge in [-0.15, -0.1) is 0 Å². The number of rotatable bonds is 9. The van der Waals surface area contributed by atoms with Gasteiger partial charge in [0.25, 0.3) is 0 Å². The second kappa shape index (κ2) is 10.9. The third-order valence-electron chi connectivity index (χ3n) is 4.23. The van der Waals surface area contributed by atoms with Gasteiger partial charge in [-0.1, -0.05) is 74.5 Å². The van der Waals surface area contributed by atoms with Crippen LogP contribution in [-0.2, 0) is 27.4 Å². The highest BCUT2D eigenvalue weighted by Gasteiger charge is 2.26. The summed E-state index contributed by atoms with van der Waals surface area (Å²) >= 11 is 0. The van der Waals surface area contributed by atoms with E-state index in [1.54, 1.807) is 0 Å². The Balaban J connectivity index is 1.90. The number of aldehydes is 1. The van der Waals surface area contributed by atoms with Crippen LogP contribution in [0.5, 0.6) is 0 Å². The van der Waals surface area contributed by atoms with Gasteiger partial charge in [-0.25, -0.2) is 4.79 Å². The van der Waals surface area contributed by atoms with E-state index in [0.29, 0.717) is 12.7 Å². The summed E-state index contributed by atoms with van der Waals surface area (Å²) in [5.74, 6) is -0.590. The normalized spacial score (nSPS) is 12.7. The highest BCUT2D eigenvalue weighted by Crippen LogP contribution is 2.07. The van der Waals surface area contributed by atoms with Crippen LogP contribution in [0.4, 0.5) is 4.79 Å². The van der Waals surface area contributed by atoms with Crippen LogP contribution < -0.4 is 10.6 Å². The molecule has 0 saturated heterocycles. The molecule has 6 heteroatoms. The summed E-state index contributed by atoms with van der Waals surface area (Å²) in [6, 6.07) is 17.2. The quantitative estimate of drug-likeness (QED) is 0.653. The molecule has 0 aromatic heterocycles. The molecule has 2 amide bonds. The Labute approximate surface area is 165 Å². The number of hydrogen-bond donors (Lipinski definition) is 2. The second-order valence-corrected chi connectivity index (χ2v) is 6.87. The minimum absolute atomic E-state index is 0.115. The molecule has 2 rings (SSSR count). The molecule has 0 radical (unpaired) electrons. The van der Waals surface area contributed by atoms with Gasteiger partial charge in [0, 0.05) is 0 Å². The van der Waals surface area contributed by atoms with Crippen molar-refractivity contribution in [2.75, 3.05) is 0 Å². The molecule has 0 fully saturated rings. The molecule has 2 aromatic rings. The summed E-state index contributed by atoms with van der Waals surface area (Å²) in [6.07, 6.45) is 0.415. The molecule has 2 aromatic carbocycles. The fourth-order valence-electron chi connectivity index (χ4n) is 2.70. The number of carbonyl (C=O) groups excluding carboxylic acids is 3. The van der Waals surface area contributed by atoms with Gasteiger partial charge < -0.3 is 20.2 Å². The maximum absolute atomic E-state index is 12.6. The maximum Gasteiger partial charge on any atom is 0.408 e. The van der Waals surface area contributed by atoms with Crippen LogP contribution in [0.1, 0.15) is 25.0 Å². The first-order chi connectivity index (χ1) is 13.5. The molecule has 0 spiro atoms. The molecule has 0 aliphatic heterocycles. The monoisotopic (exact) mass is 382 g/mol. The number of benzene rings is 2. The minimum atomic E-state index is -0.804. The lowest BCUT2D eigenvalue weighted by Gasteiger charge is -2.23. The van der Waals surface area contributed by atoms with Crippen LogP contribution in [0.3, 0.4) is 0 Å². The summed E-state index contributed by atoms with van der Waals surface area (Å²) in [5.41, 5.74) is 1.79. The molecule has 148 valence electrons. The van der Waals surface area contributed by atoms with E-state index in [1.165, 1.54) is 0 Å². The van der Waals surface area contributed by atoms with E-state index in [9.17, 15) is 14.4 Å². The molecule has 0 saturated carbocycles. The second-order valence-electron chi connectivity index (χ2n) is 6.87. The third-order valence-corrected chi connectivity index (χ3v) is 4.23. The zero-order chi connectivity index (χ0) is 20.4. The SMILES string of the molecule is CC(C)[C@@H](NC(=O)OCc1ccccc1)C(=O)NC(C=O)Cc1ccccc1. The van der Waals surface area contributed by atoms with E-state index >= 15 is 0 Å². The molecule has 6 nitrogen and oxygen atoms in total. The molecule has 0 bridgehead atoms. The van der Waals surface area contributed by atoms with Crippen molar-refractivity contribution in [2.24, 2.45) is 5.92 Å². The number of nitrogens with one attached hydrogen (secondary N) is 2. The van der Waals surface area contributed by atoms with E-state index in [4.69, 9.17) is 4.74 Å². The van der Waals surface area contributed by atoms with Crippen molar-refractivity contribution in [3.05, 3.63) is 71.8 Å². The van der Waals surface area contributed by atoms with E-state index in [1.807, 2.05) is 74.5 Å². The van der Waals surface area contributed by atoms with Gasteiger partial charge in [0.1, 0.15) is 18.9 Å². The summed E-state index contributed by atoms with van der Waals surface area (Å²) in [7, 11) is 0. The summed E-state index contributed by atoms with van der Waals surface area (Å²) in [4.78, 5) is 36.1. The molecular weight excluding hydrogens is 356 g/mol. The Morgan fingerprint density at radius 3 is 2.04 bits per heavy atom. The van der Waals surface area contributed by atoms with Gasteiger partial charge in [0.2, 0.25) is 5.91 Å². The lowest BCUT2D eigenvalue weighted by atomic mass is 10.0. The van der Waals surface area contributed by atoms with Gasteiger partial charge >= 0.3 is 6.09 Å². The van der Waals surface area contributed by atoms with E-state index in [-0.39, 0.29) is 12.5 Å². The predicted molar refractivity (Wildman–Crippen MR) is 107 cm³/mol. The fraction of sp³-hybridized carbons (Fsp3) is 0.318. The van der Waals surface area contributed by atoms with Crippen LogP contribution in [-0.4, -0.2) is 30.4 Å². The average Bonchev–Trinajstić information content (AvgIpc) is 2.71. The third kappa shape index (κ3) is 6.87. The Bertz CT molecular complexity index is 763. The van der Waals surface area contributed by atoms with Crippen molar-refractivity contribution in [3.63, 3.8) is 0 Å². The van der Waals surface area contributed by atoms with Crippen molar-refractivity contribution in [3.8, 4) is 0 Å². The first-order valence-corrected chi connectivity index (χ1v) is 9.26. The zero-order valence-corrected chi connectivity index (χ0v) is 16.1. The molecule has 1 unspecified atom stereocenters. The topological polar surface area (TPSA) is 84.5 Å². The first kappa shape index (κ1) is 21.2. The summed E-state index contributed by atoms with van der Waals surface area (Å²) in [6.45, 7) is 3.74. The fourth-order valence-corrected chi connectivity index (χ4v) is 2.70. The van der Waals surface area contributed by atoms with Crippen molar-refractivity contribution >= 4 is 18.3 Å². The standard InChI is InChI=1S/C22H26N2O4/c1-16(2)20(24-22(27)28-15-18-11-7-4-8-12-18)21(26)23-19(14-25)13-17-9-5-3-6-10-17/h3-12,14,16,19-20H,13,15H2,1-2H3,(H,23,26)(H,24,27)/t19?,20-/m1/s1. The molecule has 0 aliphatic rings. The van der Waals surface area contributed by atoms with Crippen molar-refractivity contribution < 1.29 is 19.1 Å². The molecular formula is C22H26N2O4. The molecule has 2 atom stereocenters. The van der Waals surface area contributed by atoms with Crippen LogP contribution in [0.25, 0.3) is 0 Å². The van der Waals surface area contributed by atoms with Crippen molar-refractivity contribution in [1.29, 1.82) is 0 Å². The van der Waals surface area contributed by atoms with Crippen LogP contribution >= 0.6 is 0 Å². The summed E-state index contributed by atoms with van der Waals surface area (Å²) in [5, 5.41) is 5.29. The highest BCUT2D eigenvalue weighted by molar-refractivity contribution is 5.87. The van der Waals surface area contributed by atoms with Crippen molar-refractivity contribution in [1.82, 2.24) is 10.6 Å². The largest absolute Gasteiger partial charge is 0.445 e. The Morgan fingerprint density at radius 2 is 1.50 bits per heavy atom. The lowest BCUT2D eigenvalue weighted by Crippen LogP contribution is -2.52. The van der Waals surface area contributed by atoms with E-state index in [2.05, 4.69) is 10.6 Å². The number of ether oxygens (including phenoxy) is 1. The molecule has 0 aliphatic carbocycles. The van der Waals surface area contributed by atoms with E-state index in [0.717, 1.165) is 11.1 Å². The molecule has 2 N–H and O–H groups in total. The maximum atomic E-state index is 12.6. The Morgan fingerprint density at radius 1 is 0.929 bits per heavy atom. The van der Waals surface area contributed by atoms with Crippen molar-refractivity contribution in [2.45, 2.75) is 39.0 Å². The lowest BCUT2D eigenvalue weighted by molar-refractivity contribution is -0.126. The minimum Gasteiger partial charge on any atom is -0.445 e. The van der Waals surface area contributed by atoms with Gasteiger partial charge in [-0.05, 0) is 23.5 Å². The average molecular weight is 382 g/mol. The van der Waals surface area contributed by atoms with Gasteiger partial charge in [0.05, 0.1) is 6.04 Å². The number of amides is 2. The molecule has 28 heavy (non-hydrogen) atoms. The first-order valence-electron chi connectivity index (χ1n) is 9.26. The van der Waals surface area contributed by atoms with Gasteiger partial charge in [-0.2, -0.15) is 0 Å². The smallest absolute Gasteiger partial charge is 0.408 e. The Hall–Kier alpha value is -3.15. The number of hydrogen-bond acceptors (Lipinski definition) is 4. The van der Waals surface area contributed by atoms with Gasteiger partial charge in [-0.3, -0.25) is 4.79 Å². The predicted octanol–water partition coefficient (Wildman–Crippen LogP) is 2.86. The number of carbonyl (C=O) groups is 3. The van der Waals surface area contributed by atoms with Crippen LogP contribution in [0, 0.1) is 5.92 Å². The zero-order valence-electron chi connectivity index (χ0n) is 16.1. The van der Waals surface area contributed by atoms with E-state index < -0.39 is 24.1 Å². The summed E-state index contributed by atoms with van der Waals surface area (Å²) < 4.78 is 5.19. The van der Waals surface area contributed by atoms with Crippen LogP contribution in [0.2, 0.25) is 0 Å². The molecule has 0 heterocycles. The highest BCUT2D eigenvalue weighted by atomic mass is 16.5. The Kier molecular flexibility index (Phi) is 8.21. The van der Waals surface area contributed by atoms with Crippen LogP contribution in [0.15, 0.2) is 60.7 Å². The number of alkyl carbamates (subject to hydrolysis) is 1.